The van der Waals surface area contributed by atoms with Gasteiger partial charge in [0.05, 0.1) is 20.3 Å². The molecular formula is C21H24N6O4S. The molecule has 3 aromatic rings. The Bertz CT molecular complexity index is 1180. The summed E-state index contributed by atoms with van der Waals surface area (Å²) in [6.07, 6.45) is 1.38. The number of nitrogens with zero attached hydrogens (tertiary/aromatic N) is 6. The third-order valence-electron chi connectivity index (χ3n) is 5.77. The van der Waals surface area contributed by atoms with E-state index in [4.69, 9.17) is 9.47 Å². The number of amides is 1. The lowest BCUT2D eigenvalue weighted by molar-refractivity contribution is 0.0744. The van der Waals surface area contributed by atoms with Crippen LogP contribution in [0.5, 0.6) is 5.75 Å². The zero-order valence-corrected chi connectivity index (χ0v) is 18.6. The Labute approximate surface area is 188 Å². The minimum atomic E-state index is -0.425. The van der Waals surface area contributed by atoms with E-state index in [1.807, 2.05) is 24.3 Å². The van der Waals surface area contributed by atoms with Crippen molar-refractivity contribution in [1.82, 2.24) is 19.5 Å². The number of piperazine rings is 1. The molecule has 0 radical (unpaired) electrons. The average Bonchev–Trinajstić information content (AvgIpc) is 3.30. The molecule has 5 rings (SSSR count). The average molecular weight is 457 g/mol. The van der Waals surface area contributed by atoms with Gasteiger partial charge in [0.1, 0.15) is 11.3 Å². The maximum atomic E-state index is 13.1. The van der Waals surface area contributed by atoms with Crippen LogP contribution in [-0.2, 0) is 4.74 Å². The fraction of sp³-hybridized carbons (Fsp3) is 0.429. The summed E-state index contributed by atoms with van der Waals surface area (Å²) < 4.78 is 11.9. The Balaban J connectivity index is 1.31. The van der Waals surface area contributed by atoms with E-state index in [1.54, 1.807) is 12.0 Å². The molecule has 0 atom stereocenters. The number of methoxy groups -OCH3 is 1. The molecule has 1 amide bonds. The van der Waals surface area contributed by atoms with Gasteiger partial charge in [-0.15, -0.1) is 5.10 Å². The van der Waals surface area contributed by atoms with Crippen LogP contribution in [0.1, 0.15) is 10.4 Å². The van der Waals surface area contributed by atoms with E-state index in [1.165, 1.54) is 22.0 Å². The summed E-state index contributed by atoms with van der Waals surface area (Å²) in [5.41, 5.74) is 0.680. The Hall–Kier alpha value is -3.18. The first kappa shape index (κ1) is 20.7. The molecule has 2 aromatic heterocycles. The number of rotatable bonds is 4. The predicted octanol–water partition coefficient (Wildman–Crippen LogP) is 0.959. The first-order valence-electron chi connectivity index (χ1n) is 10.5. The van der Waals surface area contributed by atoms with Crippen molar-refractivity contribution in [2.24, 2.45) is 0 Å². The number of aromatic nitrogens is 3. The maximum Gasteiger partial charge on any atom is 0.288 e. The highest BCUT2D eigenvalue weighted by Crippen LogP contribution is 2.23. The fourth-order valence-electron chi connectivity index (χ4n) is 3.95. The molecule has 2 fully saturated rings. The maximum absolute atomic E-state index is 13.1. The van der Waals surface area contributed by atoms with Crippen LogP contribution >= 0.6 is 11.3 Å². The number of morpholine rings is 1. The number of fused-ring (bicyclic) bond motifs is 1. The van der Waals surface area contributed by atoms with Gasteiger partial charge >= 0.3 is 0 Å². The normalized spacial score (nSPS) is 17.1. The van der Waals surface area contributed by atoms with Gasteiger partial charge in [-0.1, -0.05) is 17.4 Å². The number of carbonyl (C=O) groups is 1. The molecule has 11 heteroatoms. The molecule has 10 nitrogen and oxygen atoms in total. The zero-order valence-electron chi connectivity index (χ0n) is 17.8. The van der Waals surface area contributed by atoms with Gasteiger partial charge in [-0.3, -0.25) is 9.59 Å². The second-order valence-corrected chi connectivity index (χ2v) is 8.57. The molecule has 0 bridgehead atoms. The molecular weight excluding hydrogens is 432 g/mol. The van der Waals surface area contributed by atoms with E-state index in [-0.39, 0.29) is 11.5 Å². The van der Waals surface area contributed by atoms with Crippen LogP contribution < -0.4 is 20.1 Å². The summed E-state index contributed by atoms with van der Waals surface area (Å²) in [6, 6.07) is 7.86. The lowest BCUT2D eigenvalue weighted by atomic mass is 10.2. The minimum Gasteiger partial charge on any atom is -0.497 e. The Morgan fingerprint density at radius 1 is 1.09 bits per heavy atom. The largest absolute Gasteiger partial charge is 0.497 e. The molecule has 4 heterocycles. The second kappa shape index (κ2) is 8.75. The number of carbonyl (C=O) groups excluding carboxylic acids is 1. The number of anilines is 2. The number of ether oxygens (including phenoxy) is 2. The lowest BCUT2D eigenvalue weighted by Gasteiger charge is -2.36. The summed E-state index contributed by atoms with van der Waals surface area (Å²) in [4.78, 5) is 36.9. The van der Waals surface area contributed by atoms with Crippen molar-refractivity contribution in [2.45, 2.75) is 0 Å². The first-order chi connectivity index (χ1) is 15.6. The Kier molecular flexibility index (Phi) is 5.66. The van der Waals surface area contributed by atoms with Crippen molar-refractivity contribution < 1.29 is 14.3 Å². The van der Waals surface area contributed by atoms with Crippen molar-refractivity contribution in [3.05, 3.63) is 46.4 Å². The number of hydrogen-bond donors (Lipinski definition) is 0. The standard InChI is InChI=1S/C21H24N6O4S/c1-30-16-4-2-3-15(13-16)24-5-7-25(8-6-24)18(28)17-14-22-20-27(19(17)29)23-21(32-20)26-9-11-31-12-10-26/h2-4,13-14H,5-12H2,1H3. The van der Waals surface area contributed by atoms with Crippen LogP contribution in [0.3, 0.4) is 0 Å². The van der Waals surface area contributed by atoms with E-state index < -0.39 is 5.56 Å². The predicted molar refractivity (Wildman–Crippen MR) is 121 cm³/mol. The summed E-state index contributed by atoms with van der Waals surface area (Å²) in [7, 11) is 1.64. The summed E-state index contributed by atoms with van der Waals surface area (Å²) >= 11 is 1.34. The Morgan fingerprint density at radius 3 is 2.62 bits per heavy atom. The van der Waals surface area contributed by atoms with Gasteiger partial charge < -0.3 is 24.2 Å². The second-order valence-electron chi connectivity index (χ2n) is 7.64. The van der Waals surface area contributed by atoms with Crippen LogP contribution in [0.4, 0.5) is 10.8 Å². The molecule has 0 unspecified atom stereocenters. The van der Waals surface area contributed by atoms with Crippen LogP contribution in [0.25, 0.3) is 4.96 Å². The topological polar surface area (TPSA) is 92.5 Å². The highest BCUT2D eigenvalue weighted by Gasteiger charge is 2.26. The van der Waals surface area contributed by atoms with Gasteiger partial charge in [-0.25, -0.2) is 4.98 Å². The first-order valence-corrected chi connectivity index (χ1v) is 11.4. The van der Waals surface area contributed by atoms with Crippen molar-refractivity contribution in [3.8, 4) is 5.75 Å². The molecule has 2 saturated heterocycles. The van der Waals surface area contributed by atoms with Gasteiger partial charge in [0.25, 0.3) is 11.5 Å². The van der Waals surface area contributed by atoms with Gasteiger partial charge in [0.2, 0.25) is 10.1 Å². The quantitative estimate of drug-likeness (QED) is 0.573. The third kappa shape index (κ3) is 3.89. The molecule has 1 aromatic carbocycles. The van der Waals surface area contributed by atoms with E-state index in [0.29, 0.717) is 44.4 Å². The van der Waals surface area contributed by atoms with Crippen LogP contribution in [-0.4, -0.2) is 85.0 Å². The van der Waals surface area contributed by atoms with E-state index in [2.05, 4.69) is 19.9 Å². The van der Waals surface area contributed by atoms with Gasteiger partial charge in [0, 0.05) is 57.2 Å². The number of benzene rings is 1. The zero-order chi connectivity index (χ0) is 22.1. The van der Waals surface area contributed by atoms with E-state index in [0.717, 1.165) is 29.7 Å². The molecule has 0 N–H and O–H groups in total. The van der Waals surface area contributed by atoms with Crippen LogP contribution in [0, 0.1) is 0 Å². The molecule has 0 saturated carbocycles. The Morgan fingerprint density at radius 2 is 1.88 bits per heavy atom. The third-order valence-corrected chi connectivity index (χ3v) is 6.76. The SMILES string of the molecule is COc1cccc(N2CCN(C(=O)c3cnc4sc(N5CCOCC5)nn4c3=O)CC2)c1. The van der Waals surface area contributed by atoms with Crippen molar-refractivity contribution in [3.63, 3.8) is 0 Å². The monoisotopic (exact) mass is 456 g/mol. The molecule has 32 heavy (non-hydrogen) atoms. The van der Waals surface area contributed by atoms with Gasteiger partial charge in [-0.2, -0.15) is 4.52 Å². The molecule has 2 aliphatic rings. The fourth-order valence-corrected chi connectivity index (χ4v) is 4.86. The minimum absolute atomic E-state index is 0.0520. The summed E-state index contributed by atoms with van der Waals surface area (Å²) in [5.74, 6) is 0.497. The molecule has 0 aliphatic carbocycles. The molecule has 2 aliphatic heterocycles. The summed E-state index contributed by atoms with van der Waals surface area (Å²) in [6.45, 7) is 5.09. The smallest absolute Gasteiger partial charge is 0.288 e. The van der Waals surface area contributed by atoms with Gasteiger partial charge in [-0.05, 0) is 12.1 Å². The van der Waals surface area contributed by atoms with Crippen LogP contribution in [0.2, 0.25) is 0 Å². The molecule has 168 valence electrons. The van der Waals surface area contributed by atoms with Crippen molar-refractivity contribution in [1.29, 1.82) is 0 Å². The highest BCUT2D eigenvalue weighted by atomic mass is 32.1. The lowest BCUT2D eigenvalue weighted by Crippen LogP contribution is -2.49. The number of hydrogen-bond acceptors (Lipinski definition) is 9. The molecule has 0 spiro atoms. The summed E-state index contributed by atoms with van der Waals surface area (Å²) in [5, 5.41) is 5.15. The van der Waals surface area contributed by atoms with Gasteiger partial charge in [0.15, 0.2) is 0 Å². The van der Waals surface area contributed by atoms with Crippen molar-refractivity contribution in [2.75, 3.05) is 69.4 Å². The van der Waals surface area contributed by atoms with Crippen LogP contribution in [0.15, 0.2) is 35.3 Å². The van der Waals surface area contributed by atoms with E-state index >= 15 is 0 Å². The van der Waals surface area contributed by atoms with E-state index in [9.17, 15) is 9.59 Å². The van der Waals surface area contributed by atoms with Crippen molar-refractivity contribution >= 4 is 33.0 Å². The highest BCUT2D eigenvalue weighted by molar-refractivity contribution is 7.20.